The molecule has 0 saturated carbocycles. The third-order valence-electron chi connectivity index (χ3n) is 12.1. The molecule has 0 aliphatic carbocycles. The summed E-state index contributed by atoms with van der Waals surface area (Å²) < 4.78 is 87.3. The molecule has 22 heteroatoms. The quantitative estimate of drug-likeness (QED) is 0.0386. The van der Waals surface area contributed by atoms with Crippen molar-refractivity contribution >= 4 is 83.6 Å². The highest BCUT2D eigenvalue weighted by atomic mass is 32.2. The van der Waals surface area contributed by atoms with Crippen molar-refractivity contribution in [1.29, 1.82) is 0 Å². The van der Waals surface area contributed by atoms with Crippen LogP contribution in [0.3, 0.4) is 0 Å². The Kier molecular flexibility index (Phi) is 16.9. The fraction of sp³-hybridized carbons (Fsp3) is 0.396. The Balaban J connectivity index is 1.33. The molecule has 4 aromatic carbocycles. The fourth-order valence-electron chi connectivity index (χ4n) is 8.09. The third kappa shape index (κ3) is 12.5. The van der Waals surface area contributed by atoms with Gasteiger partial charge in [0.25, 0.3) is 15.9 Å². The molecule has 3 amide bonds. The Labute approximate surface area is 435 Å². The average Bonchev–Trinajstić information content (AvgIpc) is 3.33. The van der Waals surface area contributed by atoms with Crippen molar-refractivity contribution in [2.45, 2.75) is 115 Å². The standard InChI is InChI=1S/C53H63N5O15S2/c1-12-58(13-2)75(67,68)38-24-32(47(61)69-14-3)23-36(29-38)54-46(60)43-30-42(59)39-25-34(52(9,10)11)26-40(45(39)72-43)56-50(64)55-35-18-17-19-37(28-35)74(65,66)57-41-27-33(51(6,7)8)22-31-20-21-53(73-44(31)41,48(62)70-15-4)49(63)71-16-5/h17-19,22-30,57H,12-16,20-21H2,1-11H3,(H,54,60)(H2,55,56,64). The Bertz CT molecular complexity index is 3340. The van der Waals surface area contributed by atoms with Gasteiger partial charge in [-0.2, -0.15) is 4.31 Å². The maximum absolute atomic E-state index is 14.3. The number of benzene rings is 4. The highest BCUT2D eigenvalue weighted by Crippen LogP contribution is 2.44. The van der Waals surface area contributed by atoms with Crippen molar-refractivity contribution in [2.24, 2.45) is 0 Å². The first-order chi connectivity index (χ1) is 35.1. The van der Waals surface area contributed by atoms with Crippen molar-refractivity contribution in [3.63, 3.8) is 0 Å². The minimum absolute atomic E-state index is 0.00552. The van der Waals surface area contributed by atoms with Crippen LogP contribution in [0.5, 0.6) is 5.75 Å². The first kappa shape index (κ1) is 57.0. The summed E-state index contributed by atoms with van der Waals surface area (Å²) in [6, 6.07) is 15.3. The lowest BCUT2D eigenvalue weighted by Crippen LogP contribution is -2.55. The van der Waals surface area contributed by atoms with Gasteiger partial charge in [0.05, 0.1) is 51.9 Å². The number of nitrogens with one attached hydrogen (secondary N) is 4. The lowest BCUT2D eigenvalue weighted by Gasteiger charge is -2.36. The van der Waals surface area contributed by atoms with E-state index in [1.165, 1.54) is 34.6 Å². The number of fused-ring (bicyclic) bond motifs is 2. The topological polar surface area (TPSA) is 272 Å². The molecule has 0 unspecified atom stereocenters. The summed E-state index contributed by atoms with van der Waals surface area (Å²) in [7, 11) is -8.66. The van der Waals surface area contributed by atoms with Crippen LogP contribution in [-0.2, 0) is 61.1 Å². The second-order valence-electron chi connectivity index (χ2n) is 19.5. The van der Waals surface area contributed by atoms with Gasteiger partial charge in [0.1, 0.15) is 5.75 Å². The number of anilines is 4. The molecular formula is C53H63N5O15S2. The van der Waals surface area contributed by atoms with E-state index < -0.39 is 77.5 Å². The number of hydrogen-bond donors (Lipinski definition) is 4. The normalized spacial score (nSPS) is 13.5. The summed E-state index contributed by atoms with van der Waals surface area (Å²) in [5, 5.41) is 7.80. The van der Waals surface area contributed by atoms with Crippen molar-refractivity contribution in [1.82, 2.24) is 4.31 Å². The molecule has 0 bridgehead atoms. The van der Waals surface area contributed by atoms with Crippen molar-refractivity contribution in [3.05, 3.63) is 111 Å². The van der Waals surface area contributed by atoms with Crippen LogP contribution in [-0.4, -0.2) is 89.5 Å². The van der Waals surface area contributed by atoms with Crippen LogP contribution in [0.1, 0.15) is 120 Å². The molecule has 402 valence electrons. The number of ether oxygens (including phenoxy) is 4. The molecular weight excluding hydrogens is 1010 g/mol. The lowest BCUT2D eigenvalue weighted by molar-refractivity contribution is -0.181. The predicted molar refractivity (Wildman–Crippen MR) is 282 cm³/mol. The van der Waals surface area contributed by atoms with E-state index in [4.69, 9.17) is 23.4 Å². The van der Waals surface area contributed by atoms with Gasteiger partial charge in [-0.3, -0.25) is 14.3 Å². The van der Waals surface area contributed by atoms with Gasteiger partial charge in [-0.1, -0.05) is 67.5 Å². The largest absolute Gasteiger partial charge is 0.463 e. The minimum Gasteiger partial charge on any atom is -0.463 e. The number of hydrogen-bond acceptors (Lipinski definition) is 15. The molecule has 2 heterocycles. The Hall–Kier alpha value is -7.30. The van der Waals surface area contributed by atoms with E-state index in [9.17, 15) is 45.6 Å². The van der Waals surface area contributed by atoms with Crippen LogP contribution >= 0.6 is 0 Å². The van der Waals surface area contributed by atoms with E-state index in [1.54, 1.807) is 52.8 Å². The van der Waals surface area contributed by atoms with Crippen LogP contribution in [0.25, 0.3) is 11.0 Å². The monoisotopic (exact) mass is 1070 g/mol. The molecule has 1 aliphatic rings. The zero-order valence-electron chi connectivity index (χ0n) is 43.8. The zero-order valence-corrected chi connectivity index (χ0v) is 45.4. The summed E-state index contributed by atoms with van der Waals surface area (Å²) in [5.74, 6) is -4.42. The lowest BCUT2D eigenvalue weighted by atomic mass is 9.83. The fourth-order valence-corrected chi connectivity index (χ4v) is 10.7. The molecule has 0 atom stereocenters. The van der Waals surface area contributed by atoms with Crippen LogP contribution in [0.2, 0.25) is 0 Å². The molecule has 1 aliphatic heterocycles. The van der Waals surface area contributed by atoms with Gasteiger partial charge in [-0.25, -0.2) is 36.0 Å². The second-order valence-corrected chi connectivity index (χ2v) is 23.1. The number of carbonyl (C=O) groups is 5. The Morgan fingerprint density at radius 3 is 1.88 bits per heavy atom. The number of sulfonamides is 2. The summed E-state index contributed by atoms with van der Waals surface area (Å²) in [4.78, 5) is 80.7. The molecule has 0 saturated heterocycles. The number of rotatable bonds is 17. The molecule has 1 aromatic heterocycles. The van der Waals surface area contributed by atoms with Crippen LogP contribution in [0.15, 0.2) is 91.8 Å². The van der Waals surface area contributed by atoms with E-state index in [2.05, 4.69) is 20.7 Å². The van der Waals surface area contributed by atoms with Crippen molar-refractivity contribution in [3.8, 4) is 5.75 Å². The third-order valence-corrected chi connectivity index (χ3v) is 15.5. The number of carbonyl (C=O) groups excluding carboxylic acids is 5. The Morgan fingerprint density at radius 2 is 1.28 bits per heavy atom. The highest BCUT2D eigenvalue weighted by molar-refractivity contribution is 7.92. The molecule has 20 nitrogen and oxygen atoms in total. The van der Waals surface area contributed by atoms with Crippen LogP contribution < -0.4 is 30.8 Å². The number of urea groups is 1. The maximum Gasteiger partial charge on any atom is 0.362 e. The van der Waals surface area contributed by atoms with Gasteiger partial charge in [0.2, 0.25) is 10.0 Å². The highest BCUT2D eigenvalue weighted by Gasteiger charge is 2.54. The number of nitrogens with zero attached hydrogens (tertiary/aromatic N) is 1. The molecule has 6 rings (SSSR count). The van der Waals surface area contributed by atoms with E-state index in [0.717, 1.165) is 23.8 Å². The average molecular weight is 1070 g/mol. The summed E-state index contributed by atoms with van der Waals surface area (Å²) in [5.41, 5.74) is -2.71. The van der Waals surface area contributed by atoms with E-state index >= 15 is 0 Å². The van der Waals surface area contributed by atoms with Crippen LogP contribution in [0, 0.1) is 0 Å². The SMILES string of the molecule is CCOC(=O)c1cc(NC(=O)c2cc(=O)c3cc(C(C)(C)C)cc(NC(=O)Nc4cccc(S(=O)(=O)Nc5cc(C(C)(C)C)cc6c5OC(C(=O)OCC)(C(=O)OCC)CC6)c4)c3o2)cc(S(=O)(=O)N(CC)CC)c1. The first-order valence-electron chi connectivity index (χ1n) is 24.3. The molecule has 5 aromatic rings. The van der Waals surface area contributed by atoms with E-state index in [1.807, 2.05) is 47.6 Å². The second kappa shape index (κ2) is 22.3. The molecule has 4 N–H and O–H groups in total. The van der Waals surface area contributed by atoms with Gasteiger partial charge in [-0.05, 0) is 109 Å². The summed E-state index contributed by atoms with van der Waals surface area (Å²) in [6.07, 6.45) is 0.000561. The molecule has 0 spiro atoms. The van der Waals surface area contributed by atoms with Crippen LogP contribution in [0.4, 0.5) is 27.5 Å². The van der Waals surface area contributed by atoms with E-state index in [0.29, 0.717) is 11.1 Å². The van der Waals surface area contributed by atoms with Gasteiger partial charge >= 0.3 is 29.5 Å². The van der Waals surface area contributed by atoms with Gasteiger partial charge in [-0.15, -0.1) is 0 Å². The number of esters is 3. The molecule has 0 radical (unpaired) electrons. The Morgan fingerprint density at radius 1 is 0.680 bits per heavy atom. The number of amides is 3. The summed E-state index contributed by atoms with van der Waals surface area (Å²) in [6.45, 7) is 19.5. The van der Waals surface area contributed by atoms with Crippen molar-refractivity contribution < 1.29 is 64.2 Å². The molecule has 75 heavy (non-hydrogen) atoms. The molecule has 0 fully saturated rings. The van der Waals surface area contributed by atoms with Gasteiger partial charge < -0.3 is 39.3 Å². The minimum atomic E-state index is -4.52. The van der Waals surface area contributed by atoms with Crippen molar-refractivity contribution in [2.75, 3.05) is 53.6 Å². The first-order valence-corrected chi connectivity index (χ1v) is 27.2. The zero-order chi connectivity index (χ0) is 55.4. The number of aryl methyl sites for hydroxylation is 1. The van der Waals surface area contributed by atoms with E-state index in [-0.39, 0.29) is 101 Å². The maximum atomic E-state index is 14.3. The predicted octanol–water partition coefficient (Wildman–Crippen LogP) is 8.48. The summed E-state index contributed by atoms with van der Waals surface area (Å²) >= 11 is 0. The van der Waals surface area contributed by atoms with Gasteiger partial charge in [0.15, 0.2) is 16.8 Å². The van der Waals surface area contributed by atoms with Gasteiger partial charge in [0, 0.05) is 37.0 Å². The smallest absolute Gasteiger partial charge is 0.362 e.